The molecule has 5 heteroatoms. The molecule has 0 aromatic heterocycles. The molecule has 0 atom stereocenters. The molecule has 25 heavy (non-hydrogen) atoms. The van der Waals surface area contributed by atoms with Crippen LogP contribution in [0.15, 0.2) is 70.5 Å². The fraction of sp³-hybridized carbons (Fsp3) is 0.150. The summed E-state index contributed by atoms with van der Waals surface area (Å²) < 4.78 is 31.2. The van der Waals surface area contributed by atoms with E-state index in [1.54, 1.807) is 55.5 Å². The number of rotatable bonds is 4. The summed E-state index contributed by atoms with van der Waals surface area (Å²) in [5.74, 6) is -0.460. The fourth-order valence-electron chi connectivity index (χ4n) is 2.74. The molecule has 0 bridgehead atoms. The van der Waals surface area contributed by atoms with Crippen LogP contribution in [0.1, 0.15) is 22.8 Å². The SMILES string of the molecule is CCOC(=O)c1ccc(S(=O)(=O)c2ccc(C)cc2)c2ccccc12. The van der Waals surface area contributed by atoms with E-state index in [0.29, 0.717) is 16.3 Å². The van der Waals surface area contributed by atoms with Crippen molar-refractivity contribution in [1.29, 1.82) is 0 Å². The van der Waals surface area contributed by atoms with Gasteiger partial charge in [-0.3, -0.25) is 0 Å². The molecule has 0 fully saturated rings. The standard InChI is InChI=1S/C20H18O4S/c1-3-24-20(21)18-12-13-19(17-7-5-4-6-16(17)18)25(22,23)15-10-8-14(2)9-11-15/h4-13H,3H2,1-2H3. The maximum Gasteiger partial charge on any atom is 0.338 e. The van der Waals surface area contributed by atoms with Crippen LogP contribution in [0.4, 0.5) is 0 Å². The molecule has 4 nitrogen and oxygen atoms in total. The van der Waals surface area contributed by atoms with Crippen molar-refractivity contribution in [3.8, 4) is 0 Å². The predicted molar refractivity (Wildman–Crippen MR) is 96.5 cm³/mol. The van der Waals surface area contributed by atoms with Crippen LogP contribution < -0.4 is 0 Å². The molecular formula is C20H18O4S. The highest BCUT2D eigenvalue weighted by Gasteiger charge is 2.22. The minimum absolute atomic E-state index is 0.181. The number of sulfone groups is 1. The van der Waals surface area contributed by atoms with Crippen LogP contribution in [-0.2, 0) is 14.6 Å². The number of benzene rings is 3. The van der Waals surface area contributed by atoms with Gasteiger partial charge in [0.1, 0.15) is 0 Å². The molecule has 0 N–H and O–H groups in total. The number of carbonyl (C=O) groups excluding carboxylic acids is 1. The van der Waals surface area contributed by atoms with Crippen LogP contribution in [0.3, 0.4) is 0 Å². The number of hydrogen-bond donors (Lipinski definition) is 0. The highest BCUT2D eigenvalue weighted by molar-refractivity contribution is 7.91. The van der Waals surface area contributed by atoms with Gasteiger partial charge in [-0.2, -0.15) is 0 Å². The molecule has 0 saturated carbocycles. The van der Waals surface area contributed by atoms with E-state index in [2.05, 4.69) is 0 Å². The Morgan fingerprint density at radius 1 is 0.920 bits per heavy atom. The zero-order chi connectivity index (χ0) is 18.0. The van der Waals surface area contributed by atoms with Gasteiger partial charge < -0.3 is 4.74 Å². The third-order valence-electron chi connectivity index (χ3n) is 4.00. The lowest BCUT2D eigenvalue weighted by Gasteiger charge is -2.12. The summed E-state index contributed by atoms with van der Waals surface area (Å²) in [5, 5.41) is 1.07. The molecule has 0 heterocycles. The molecule has 3 aromatic carbocycles. The average molecular weight is 354 g/mol. The quantitative estimate of drug-likeness (QED) is 0.660. The van der Waals surface area contributed by atoms with Gasteiger partial charge in [0.2, 0.25) is 9.84 Å². The van der Waals surface area contributed by atoms with E-state index in [9.17, 15) is 13.2 Å². The van der Waals surface area contributed by atoms with E-state index in [1.165, 1.54) is 12.1 Å². The number of aryl methyl sites for hydroxylation is 1. The zero-order valence-electron chi connectivity index (χ0n) is 14.0. The van der Waals surface area contributed by atoms with E-state index in [4.69, 9.17) is 4.74 Å². The zero-order valence-corrected chi connectivity index (χ0v) is 14.8. The topological polar surface area (TPSA) is 60.4 Å². The minimum atomic E-state index is -3.69. The molecule has 0 saturated heterocycles. The number of carbonyl (C=O) groups is 1. The predicted octanol–water partition coefficient (Wildman–Crippen LogP) is 4.16. The third-order valence-corrected chi connectivity index (χ3v) is 5.83. The van der Waals surface area contributed by atoms with E-state index in [1.807, 2.05) is 6.92 Å². The van der Waals surface area contributed by atoms with Crippen molar-refractivity contribution in [3.63, 3.8) is 0 Å². The molecule has 0 unspecified atom stereocenters. The molecule has 3 rings (SSSR count). The van der Waals surface area contributed by atoms with Crippen molar-refractivity contribution < 1.29 is 17.9 Å². The summed E-state index contributed by atoms with van der Waals surface area (Å²) in [7, 11) is -3.69. The van der Waals surface area contributed by atoms with Gasteiger partial charge in [-0.1, -0.05) is 42.0 Å². The van der Waals surface area contributed by atoms with Crippen molar-refractivity contribution in [2.75, 3.05) is 6.61 Å². The summed E-state index contributed by atoms with van der Waals surface area (Å²) in [6, 6.07) is 16.7. The van der Waals surface area contributed by atoms with Crippen LogP contribution >= 0.6 is 0 Å². The Labute approximate surface area is 147 Å². The van der Waals surface area contributed by atoms with Crippen LogP contribution in [0.5, 0.6) is 0 Å². The number of fused-ring (bicyclic) bond motifs is 1. The Morgan fingerprint density at radius 2 is 1.56 bits per heavy atom. The fourth-order valence-corrected chi connectivity index (χ4v) is 4.20. The van der Waals surface area contributed by atoms with Crippen molar-refractivity contribution in [3.05, 3.63) is 71.8 Å². The van der Waals surface area contributed by atoms with Gasteiger partial charge in [0.25, 0.3) is 0 Å². The van der Waals surface area contributed by atoms with E-state index >= 15 is 0 Å². The minimum Gasteiger partial charge on any atom is -0.462 e. The molecule has 0 radical (unpaired) electrons. The van der Waals surface area contributed by atoms with Crippen LogP contribution in [0, 0.1) is 6.92 Å². The Kier molecular flexibility index (Phi) is 4.59. The first-order valence-electron chi connectivity index (χ1n) is 7.96. The van der Waals surface area contributed by atoms with Crippen molar-refractivity contribution in [2.45, 2.75) is 23.6 Å². The molecule has 0 aliphatic heterocycles. The summed E-state index contributed by atoms with van der Waals surface area (Å²) >= 11 is 0. The third kappa shape index (κ3) is 3.15. The second kappa shape index (κ2) is 6.69. The Balaban J connectivity index is 2.23. The largest absolute Gasteiger partial charge is 0.462 e. The summed E-state index contributed by atoms with van der Waals surface area (Å²) in [5.41, 5.74) is 1.35. The summed E-state index contributed by atoms with van der Waals surface area (Å²) in [6.45, 7) is 3.90. The first kappa shape index (κ1) is 17.2. The average Bonchev–Trinajstić information content (AvgIpc) is 2.61. The van der Waals surface area contributed by atoms with Gasteiger partial charge in [-0.15, -0.1) is 0 Å². The van der Waals surface area contributed by atoms with Crippen molar-refractivity contribution in [1.82, 2.24) is 0 Å². The Bertz CT molecular complexity index is 1030. The lowest BCUT2D eigenvalue weighted by atomic mass is 10.0. The monoisotopic (exact) mass is 354 g/mol. The maximum absolute atomic E-state index is 13.0. The number of hydrogen-bond acceptors (Lipinski definition) is 4. The molecule has 0 amide bonds. The molecule has 128 valence electrons. The second-order valence-electron chi connectivity index (χ2n) is 5.69. The lowest BCUT2D eigenvalue weighted by molar-refractivity contribution is 0.0528. The molecule has 3 aromatic rings. The Morgan fingerprint density at radius 3 is 2.20 bits per heavy atom. The first-order chi connectivity index (χ1) is 11.9. The van der Waals surface area contributed by atoms with Gasteiger partial charge in [-0.05, 0) is 43.5 Å². The van der Waals surface area contributed by atoms with E-state index in [0.717, 1.165) is 5.56 Å². The number of esters is 1. The maximum atomic E-state index is 13.0. The molecule has 0 aliphatic rings. The van der Waals surface area contributed by atoms with Gasteiger partial charge in [0.05, 0.1) is 22.0 Å². The van der Waals surface area contributed by atoms with Gasteiger partial charge in [-0.25, -0.2) is 13.2 Å². The first-order valence-corrected chi connectivity index (χ1v) is 9.44. The van der Waals surface area contributed by atoms with Gasteiger partial charge >= 0.3 is 5.97 Å². The summed E-state index contributed by atoms with van der Waals surface area (Å²) in [4.78, 5) is 12.6. The highest BCUT2D eigenvalue weighted by Crippen LogP contribution is 2.31. The summed E-state index contributed by atoms with van der Waals surface area (Å²) in [6.07, 6.45) is 0. The highest BCUT2D eigenvalue weighted by atomic mass is 32.2. The molecular weight excluding hydrogens is 336 g/mol. The Hall–Kier alpha value is -2.66. The van der Waals surface area contributed by atoms with E-state index in [-0.39, 0.29) is 16.4 Å². The normalized spacial score (nSPS) is 11.4. The van der Waals surface area contributed by atoms with Gasteiger partial charge in [0, 0.05) is 5.39 Å². The van der Waals surface area contributed by atoms with Crippen LogP contribution in [-0.4, -0.2) is 21.0 Å². The van der Waals surface area contributed by atoms with Gasteiger partial charge in [0.15, 0.2) is 0 Å². The van der Waals surface area contributed by atoms with Crippen molar-refractivity contribution in [2.24, 2.45) is 0 Å². The lowest BCUT2D eigenvalue weighted by Crippen LogP contribution is -2.08. The van der Waals surface area contributed by atoms with Crippen LogP contribution in [0.2, 0.25) is 0 Å². The molecule has 0 aliphatic carbocycles. The number of ether oxygens (including phenoxy) is 1. The van der Waals surface area contributed by atoms with E-state index < -0.39 is 15.8 Å². The smallest absolute Gasteiger partial charge is 0.338 e. The molecule has 0 spiro atoms. The van der Waals surface area contributed by atoms with Crippen molar-refractivity contribution >= 4 is 26.6 Å². The second-order valence-corrected chi connectivity index (χ2v) is 7.61. The van der Waals surface area contributed by atoms with Crippen LogP contribution in [0.25, 0.3) is 10.8 Å².